The van der Waals surface area contributed by atoms with Gasteiger partial charge >= 0.3 is 6.09 Å². The third-order valence-electron chi connectivity index (χ3n) is 4.64. The van der Waals surface area contributed by atoms with Crippen LogP contribution in [-0.2, 0) is 11.2 Å². The molecule has 0 saturated carbocycles. The van der Waals surface area contributed by atoms with Gasteiger partial charge < -0.3 is 25.3 Å². The van der Waals surface area contributed by atoms with E-state index in [0.717, 1.165) is 16.5 Å². The maximum atomic E-state index is 13.3. The minimum absolute atomic E-state index is 0.256. The minimum Gasteiger partial charge on any atom is -0.444 e. The Morgan fingerprint density at radius 2 is 1.93 bits per heavy atom. The van der Waals surface area contributed by atoms with Crippen LogP contribution < -0.4 is 5.73 Å². The standard InChI is InChI=1S/C20H28FN5O2/c1-20(2,3)28-19(27)26-10-8-25(9-11-26)18(22)23-7-6-14-13-24-17-12-15(21)4-5-16(14)17/h4-5,12-13,24H,6-11H2,1-3H3,(H2,22,23). The van der Waals surface area contributed by atoms with Gasteiger partial charge in [-0.2, -0.15) is 0 Å². The molecule has 0 radical (unpaired) electrons. The van der Waals surface area contributed by atoms with E-state index in [0.29, 0.717) is 45.1 Å². The second kappa shape index (κ2) is 8.08. The first-order valence-corrected chi connectivity index (χ1v) is 9.51. The van der Waals surface area contributed by atoms with Gasteiger partial charge in [0.1, 0.15) is 11.4 Å². The lowest BCUT2D eigenvalue weighted by molar-refractivity contribution is 0.0186. The van der Waals surface area contributed by atoms with E-state index in [2.05, 4.69) is 9.98 Å². The highest BCUT2D eigenvalue weighted by Gasteiger charge is 2.26. The molecule has 3 rings (SSSR count). The Labute approximate surface area is 164 Å². The SMILES string of the molecule is CC(C)(C)OC(=O)N1CCN(C(N)=NCCc2c[nH]c3cc(F)ccc23)CC1. The molecule has 1 fully saturated rings. The fourth-order valence-electron chi connectivity index (χ4n) is 3.20. The Balaban J connectivity index is 1.50. The van der Waals surface area contributed by atoms with Gasteiger partial charge in [0.05, 0.1) is 0 Å². The van der Waals surface area contributed by atoms with Crippen molar-refractivity contribution in [2.45, 2.75) is 32.8 Å². The summed E-state index contributed by atoms with van der Waals surface area (Å²) in [4.78, 5) is 23.3. The van der Waals surface area contributed by atoms with Gasteiger partial charge in [-0.05, 0) is 51.0 Å². The molecule has 0 unspecified atom stereocenters. The summed E-state index contributed by atoms with van der Waals surface area (Å²) in [5, 5.41) is 1.00. The number of H-pyrrole nitrogens is 1. The van der Waals surface area contributed by atoms with Gasteiger partial charge in [-0.15, -0.1) is 0 Å². The van der Waals surface area contributed by atoms with Gasteiger partial charge in [0.2, 0.25) is 0 Å². The van der Waals surface area contributed by atoms with E-state index >= 15 is 0 Å². The molecule has 1 aliphatic heterocycles. The lowest BCUT2D eigenvalue weighted by Crippen LogP contribution is -2.53. The van der Waals surface area contributed by atoms with Gasteiger partial charge in [0, 0.05) is 49.8 Å². The van der Waals surface area contributed by atoms with Crippen molar-refractivity contribution in [2.24, 2.45) is 10.7 Å². The summed E-state index contributed by atoms with van der Waals surface area (Å²) in [6.45, 7) is 8.48. The van der Waals surface area contributed by atoms with Crippen molar-refractivity contribution in [1.29, 1.82) is 0 Å². The van der Waals surface area contributed by atoms with Crippen molar-refractivity contribution >= 4 is 23.0 Å². The van der Waals surface area contributed by atoms with E-state index in [1.54, 1.807) is 11.0 Å². The summed E-state index contributed by atoms with van der Waals surface area (Å²) < 4.78 is 18.7. The number of aromatic nitrogens is 1. The molecule has 7 nitrogen and oxygen atoms in total. The summed E-state index contributed by atoms with van der Waals surface area (Å²) in [6, 6.07) is 4.72. The number of piperazine rings is 1. The lowest BCUT2D eigenvalue weighted by atomic mass is 10.1. The van der Waals surface area contributed by atoms with Crippen LogP contribution in [0.3, 0.4) is 0 Å². The molecule has 28 heavy (non-hydrogen) atoms. The van der Waals surface area contributed by atoms with Crippen molar-refractivity contribution < 1.29 is 13.9 Å². The number of nitrogens with one attached hydrogen (secondary N) is 1. The van der Waals surface area contributed by atoms with Gasteiger partial charge in [-0.25, -0.2) is 9.18 Å². The van der Waals surface area contributed by atoms with E-state index in [1.165, 1.54) is 12.1 Å². The summed E-state index contributed by atoms with van der Waals surface area (Å²) in [5.74, 6) is 0.225. The number of rotatable bonds is 3. The number of ether oxygens (including phenoxy) is 1. The first-order valence-electron chi connectivity index (χ1n) is 9.51. The zero-order valence-corrected chi connectivity index (χ0v) is 16.7. The van der Waals surface area contributed by atoms with Crippen molar-refractivity contribution in [1.82, 2.24) is 14.8 Å². The van der Waals surface area contributed by atoms with Crippen LogP contribution in [0.1, 0.15) is 26.3 Å². The second-order valence-corrected chi connectivity index (χ2v) is 7.95. The van der Waals surface area contributed by atoms with Crippen molar-refractivity contribution in [2.75, 3.05) is 32.7 Å². The monoisotopic (exact) mass is 389 g/mol. The molecule has 1 saturated heterocycles. The molecule has 3 N–H and O–H groups in total. The Kier molecular flexibility index (Phi) is 5.76. The van der Waals surface area contributed by atoms with Crippen LogP contribution in [0.2, 0.25) is 0 Å². The number of aliphatic imine (C=N–C) groups is 1. The smallest absolute Gasteiger partial charge is 0.410 e. The largest absolute Gasteiger partial charge is 0.444 e. The third kappa shape index (κ3) is 4.94. The molecule has 1 aromatic carbocycles. The average molecular weight is 389 g/mol. The first kappa shape index (κ1) is 20.0. The topological polar surface area (TPSA) is 86.9 Å². The Morgan fingerprint density at radius 1 is 1.25 bits per heavy atom. The summed E-state index contributed by atoms with van der Waals surface area (Å²) in [5.41, 5.74) is 7.50. The molecular weight excluding hydrogens is 361 g/mol. The molecule has 2 aromatic rings. The molecule has 2 heterocycles. The maximum absolute atomic E-state index is 13.3. The number of carbonyl (C=O) groups excluding carboxylic acids is 1. The summed E-state index contributed by atoms with van der Waals surface area (Å²) in [6.07, 6.45) is 2.30. The van der Waals surface area contributed by atoms with E-state index in [9.17, 15) is 9.18 Å². The quantitative estimate of drug-likeness (QED) is 0.624. The van der Waals surface area contributed by atoms with Crippen LogP contribution in [0, 0.1) is 5.82 Å². The number of nitrogens with two attached hydrogens (primary N) is 1. The minimum atomic E-state index is -0.497. The van der Waals surface area contributed by atoms with E-state index in [4.69, 9.17) is 10.5 Å². The summed E-state index contributed by atoms with van der Waals surface area (Å²) >= 11 is 0. The average Bonchev–Trinajstić information content (AvgIpc) is 3.02. The van der Waals surface area contributed by atoms with Gasteiger partial charge in [0.15, 0.2) is 5.96 Å². The number of aromatic amines is 1. The van der Waals surface area contributed by atoms with Gasteiger partial charge in [0.25, 0.3) is 0 Å². The van der Waals surface area contributed by atoms with Gasteiger partial charge in [-0.3, -0.25) is 4.99 Å². The van der Waals surface area contributed by atoms with E-state index in [-0.39, 0.29) is 11.9 Å². The first-order chi connectivity index (χ1) is 13.2. The predicted octanol–water partition coefficient (Wildman–Crippen LogP) is 2.72. The second-order valence-electron chi connectivity index (χ2n) is 7.95. The Morgan fingerprint density at radius 3 is 2.61 bits per heavy atom. The number of halogens is 1. The Hall–Kier alpha value is -2.77. The number of hydrogen-bond acceptors (Lipinski definition) is 3. The normalized spacial score (nSPS) is 15.9. The highest BCUT2D eigenvalue weighted by Crippen LogP contribution is 2.19. The Bertz CT molecular complexity index is 863. The molecule has 0 spiro atoms. The predicted molar refractivity (Wildman–Crippen MR) is 108 cm³/mol. The summed E-state index contributed by atoms with van der Waals surface area (Å²) in [7, 11) is 0. The third-order valence-corrected chi connectivity index (χ3v) is 4.64. The van der Waals surface area contributed by atoms with Crippen LogP contribution in [0.15, 0.2) is 29.4 Å². The van der Waals surface area contributed by atoms with Crippen LogP contribution in [-0.4, -0.2) is 65.2 Å². The van der Waals surface area contributed by atoms with E-state index in [1.807, 2.05) is 31.9 Å². The van der Waals surface area contributed by atoms with Crippen LogP contribution >= 0.6 is 0 Å². The highest BCUT2D eigenvalue weighted by molar-refractivity contribution is 5.83. The number of fused-ring (bicyclic) bond motifs is 1. The van der Waals surface area contributed by atoms with Crippen molar-refractivity contribution in [3.05, 3.63) is 35.8 Å². The number of hydrogen-bond donors (Lipinski definition) is 2. The molecule has 1 amide bonds. The number of carbonyl (C=O) groups is 1. The molecule has 1 aliphatic rings. The fraction of sp³-hybridized carbons (Fsp3) is 0.500. The van der Waals surface area contributed by atoms with E-state index < -0.39 is 5.60 Å². The zero-order valence-electron chi connectivity index (χ0n) is 16.7. The molecule has 0 bridgehead atoms. The molecule has 152 valence electrons. The fourth-order valence-corrected chi connectivity index (χ4v) is 3.20. The highest BCUT2D eigenvalue weighted by atomic mass is 19.1. The zero-order chi connectivity index (χ0) is 20.3. The molecule has 0 atom stereocenters. The van der Waals surface area contributed by atoms with Crippen LogP contribution in [0.5, 0.6) is 0 Å². The number of amides is 1. The lowest BCUT2D eigenvalue weighted by Gasteiger charge is -2.36. The molecule has 0 aliphatic carbocycles. The van der Waals surface area contributed by atoms with Crippen molar-refractivity contribution in [3.63, 3.8) is 0 Å². The number of benzene rings is 1. The number of nitrogens with zero attached hydrogens (tertiary/aromatic N) is 3. The van der Waals surface area contributed by atoms with Crippen molar-refractivity contribution in [3.8, 4) is 0 Å². The molecule has 8 heteroatoms. The van der Waals surface area contributed by atoms with Gasteiger partial charge in [-0.1, -0.05) is 0 Å². The molecule has 1 aromatic heterocycles. The molecular formula is C20H28FN5O2. The van der Waals surface area contributed by atoms with Crippen LogP contribution in [0.25, 0.3) is 10.9 Å². The maximum Gasteiger partial charge on any atom is 0.410 e. The van der Waals surface area contributed by atoms with Crippen LogP contribution in [0.4, 0.5) is 9.18 Å². The number of guanidine groups is 1.